The summed E-state index contributed by atoms with van der Waals surface area (Å²) in [5, 5.41) is 17.5. The molecule has 0 heterocycles. The van der Waals surface area contributed by atoms with Gasteiger partial charge in [-0.15, -0.1) is 0 Å². The van der Waals surface area contributed by atoms with Crippen molar-refractivity contribution in [2.24, 2.45) is 23.3 Å². The first-order valence-corrected chi connectivity index (χ1v) is 12.7. The van der Waals surface area contributed by atoms with Crippen molar-refractivity contribution in [1.29, 1.82) is 0 Å². The maximum Gasteiger partial charge on any atom is 0.243 e. The molecule has 10 nitrogen and oxygen atoms in total. The molecule has 38 heavy (non-hydrogen) atoms. The summed E-state index contributed by atoms with van der Waals surface area (Å²) in [6.45, 7) is 7.06. The fourth-order valence-electron chi connectivity index (χ4n) is 3.89. The van der Waals surface area contributed by atoms with Crippen molar-refractivity contribution in [3.05, 3.63) is 65.7 Å². The molecule has 4 amide bonds. The van der Waals surface area contributed by atoms with Crippen LogP contribution in [0.4, 0.5) is 0 Å². The average Bonchev–Trinajstić information content (AvgIpc) is 2.86. The van der Waals surface area contributed by atoms with Crippen LogP contribution in [0.2, 0.25) is 0 Å². The fourth-order valence-corrected chi connectivity index (χ4v) is 3.89. The number of rotatable bonds is 13. The van der Waals surface area contributed by atoms with Crippen molar-refractivity contribution in [1.82, 2.24) is 16.0 Å². The van der Waals surface area contributed by atoms with Gasteiger partial charge in [0.2, 0.25) is 23.6 Å². The van der Waals surface area contributed by atoms with Gasteiger partial charge in [0.1, 0.15) is 23.9 Å². The molecule has 206 valence electrons. The summed E-state index contributed by atoms with van der Waals surface area (Å²) < 4.78 is 0. The Balaban J connectivity index is 2.06. The molecule has 2 rings (SSSR count). The van der Waals surface area contributed by atoms with E-state index in [0.29, 0.717) is 0 Å². The number of carbonyl (C=O) groups is 4. The molecular weight excluding hydrogens is 486 g/mol. The normalized spacial score (nSPS) is 14.3. The molecule has 2 aromatic carbocycles. The largest absolute Gasteiger partial charge is 0.508 e. The smallest absolute Gasteiger partial charge is 0.243 e. The second kappa shape index (κ2) is 14.1. The SMILES string of the molecule is CC(C)C(NC(=O)C(N)Cc1ccc(O)cc1)C(=O)NC(C(=O)NC(Cc1ccccc1)C(N)=O)C(C)C. The van der Waals surface area contributed by atoms with E-state index in [4.69, 9.17) is 11.5 Å². The van der Waals surface area contributed by atoms with E-state index in [1.54, 1.807) is 39.8 Å². The van der Waals surface area contributed by atoms with Gasteiger partial charge in [-0.25, -0.2) is 0 Å². The first-order valence-electron chi connectivity index (χ1n) is 12.7. The van der Waals surface area contributed by atoms with E-state index in [-0.39, 0.29) is 30.4 Å². The number of aromatic hydroxyl groups is 1. The van der Waals surface area contributed by atoms with Gasteiger partial charge in [-0.05, 0) is 41.5 Å². The van der Waals surface area contributed by atoms with Gasteiger partial charge < -0.3 is 32.5 Å². The Kier molecular flexibility index (Phi) is 11.3. The number of carbonyl (C=O) groups excluding carboxylic acids is 4. The summed E-state index contributed by atoms with van der Waals surface area (Å²) in [5.74, 6) is -2.81. The third-order valence-electron chi connectivity index (χ3n) is 6.17. The number of nitrogens with two attached hydrogens (primary N) is 2. The van der Waals surface area contributed by atoms with Crippen LogP contribution in [0.1, 0.15) is 38.8 Å². The zero-order valence-electron chi connectivity index (χ0n) is 22.3. The van der Waals surface area contributed by atoms with Crippen LogP contribution in [0.3, 0.4) is 0 Å². The molecule has 10 heteroatoms. The molecule has 8 N–H and O–H groups in total. The number of primary amides is 1. The minimum atomic E-state index is -0.969. The van der Waals surface area contributed by atoms with Crippen LogP contribution >= 0.6 is 0 Å². The highest BCUT2D eigenvalue weighted by Gasteiger charge is 2.32. The van der Waals surface area contributed by atoms with Gasteiger partial charge in [0.05, 0.1) is 6.04 Å². The van der Waals surface area contributed by atoms with Gasteiger partial charge in [0.15, 0.2) is 0 Å². The van der Waals surface area contributed by atoms with E-state index in [2.05, 4.69) is 16.0 Å². The van der Waals surface area contributed by atoms with E-state index in [9.17, 15) is 24.3 Å². The second-order valence-electron chi connectivity index (χ2n) is 10.1. The molecule has 0 spiro atoms. The minimum Gasteiger partial charge on any atom is -0.508 e. The monoisotopic (exact) mass is 525 g/mol. The predicted octanol–water partition coefficient (Wildman–Crippen LogP) is 0.756. The molecule has 0 bridgehead atoms. The van der Waals surface area contributed by atoms with Gasteiger partial charge in [0.25, 0.3) is 0 Å². The summed E-state index contributed by atoms with van der Waals surface area (Å²) in [5.41, 5.74) is 13.2. The van der Waals surface area contributed by atoms with Crippen molar-refractivity contribution in [3.8, 4) is 5.75 Å². The Bertz CT molecular complexity index is 1090. The molecule has 0 saturated carbocycles. The van der Waals surface area contributed by atoms with E-state index in [0.717, 1.165) is 11.1 Å². The van der Waals surface area contributed by atoms with Gasteiger partial charge in [-0.3, -0.25) is 19.2 Å². The lowest BCUT2D eigenvalue weighted by Gasteiger charge is -2.28. The van der Waals surface area contributed by atoms with Crippen LogP contribution < -0.4 is 27.4 Å². The van der Waals surface area contributed by atoms with E-state index in [1.807, 2.05) is 30.3 Å². The van der Waals surface area contributed by atoms with Crippen LogP contribution in [0.25, 0.3) is 0 Å². The Labute approximate surface area is 223 Å². The highest BCUT2D eigenvalue weighted by molar-refractivity contribution is 5.94. The first-order chi connectivity index (χ1) is 17.9. The van der Waals surface area contributed by atoms with E-state index < -0.39 is 47.8 Å². The van der Waals surface area contributed by atoms with Gasteiger partial charge in [0, 0.05) is 6.42 Å². The van der Waals surface area contributed by atoms with Gasteiger partial charge in [-0.2, -0.15) is 0 Å². The van der Waals surface area contributed by atoms with Crippen LogP contribution in [-0.4, -0.2) is 52.9 Å². The average molecular weight is 526 g/mol. The predicted molar refractivity (Wildman–Crippen MR) is 145 cm³/mol. The summed E-state index contributed by atoms with van der Waals surface area (Å²) in [4.78, 5) is 51.1. The maximum absolute atomic E-state index is 13.2. The Morgan fingerprint density at radius 2 is 1.18 bits per heavy atom. The third-order valence-corrected chi connectivity index (χ3v) is 6.17. The number of phenols is 1. The molecule has 0 aliphatic heterocycles. The summed E-state index contributed by atoms with van der Waals surface area (Å²) >= 11 is 0. The number of hydrogen-bond acceptors (Lipinski definition) is 6. The zero-order valence-corrected chi connectivity index (χ0v) is 22.3. The number of benzene rings is 2. The van der Waals surface area contributed by atoms with Crippen LogP contribution in [-0.2, 0) is 32.0 Å². The fraction of sp³-hybridized carbons (Fsp3) is 0.429. The first kappa shape index (κ1) is 30.3. The topological polar surface area (TPSA) is 177 Å². The van der Waals surface area contributed by atoms with Crippen LogP contribution in [0, 0.1) is 11.8 Å². The quantitative estimate of drug-likeness (QED) is 0.225. The third kappa shape index (κ3) is 9.19. The number of hydrogen-bond donors (Lipinski definition) is 6. The van der Waals surface area contributed by atoms with Crippen molar-refractivity contribution in [2.75, 3.05) is 0 Å². The molecule has 4 atom stereocenters. The lowest BCUT2D eigenvalue weighted by Crippen LogP contribution is -2.60. The van der Waals surface area contributed by atoms with E-state index in [1.165, 1.54) is 12.1 Å². The van der Waals surface area contributed by atoms with Crippen molar-refractivity contribution in [3.63, 3.8) is 0 Å². The van der Waals surface area contributed by atoms with Crippen molar-refractivity contribution >= 4 is 23.6 Å². The highest BCUT2D eigenvalue weighted by Crippen LogP contribution is 2.12. The van der Waals surface area contributed by atoms with Crippen molar-refractivity contribution in [2.45, 2.75) is 64.7 Å². The molecule has 0 radical (unpaired) electrons. The highest BCUT2D eigenvalue weighted by atomic mass is 16.3. The zero-order chi connectivity index (χ0) is 28.4. The Morgan fingerprint density at radius 3 is 1.68 bits per heavy atom. The van der Waals surface area contributed by atoms with Gasteiger partial charge >= 0.3 is 0 Å². The van der Waals surface area contributed by atoms with Crippen molar-refractivity contribution < 1.29 is 24.3 Å². The summed E-state index contributed by atoms with van der Waals surface area (Å²) in [6, 6.07) is 11.7. The lowest BCUT2D eigenvalue weighted by atomic mass is 9.98. The van der Waals surface area contributed by atoms with Crippen LogP contribution in [0.5, 0.6) is 5.75 Å². The number of nitrogens with one attached hydrogen (secondary N) is 3. The molecule has 0 aliphatic carbocycles. The molecule has 0 aliphatic rings. The standard InChI is InChI=1S/C28H39N5O5/c1-16(2)23(27(37)31-22(25(30)35)15-18-8-6-5-7-9-18)33-28(38)24(17(3)4)32-26(36)21(29)14-19-10-12-20(34)13-11-19/h5-13,16-17,21-24,34H,14-15,29H2,1-4H3,(H2,30,35)(H,31,37)(H,32,36)(H,33,38). The minimum absolute atomic E-state index is 0.106. The Morgan fingerprint density at radius 1 is 0.711 bits per heavy atom. The molecule has 4 unspecified atom stereocenters. The van der Waals surface area contributed by atoms with Gasteiger partial charge in [-0.1, -0.05) is 70.2 Å². The summed E-state index contributed by atoms with van der Waals surface area (Å²) in [7, 11) is 0. The molecular formula is C28H39N5O5. The molecule has 0 saturated heterocycles. The van der Waals surface area contributed by atoms with E-state index >= 15 is 0 Å². The van der Waals surface area contributed by atoms with Crippen LogP contribution in [0.15, 0.2) is 54.6 Å². The number of phenolic OH excluding ortho intramolecular Hbond substituents is 1. The number of amides is 4. The lowest BCUT2D eigenvalue weighted by molar-refractivity contribution is -0.135. The Hall–Kier alpha value is -3.92. The molecule has 0 aromatic heterocycles. The maximum atomic E-state index is 13.2. The molecule has 0 fully saturated rings. The molecule has 2 aromatic rings. The summed E-state index contributed by atoms with van der Waals surface area (Å²) in [6.07, 6.45) is 0.426. The second-order valence-corrected chi connectivity index (χ2v) is 10.1.